The molecule has 0 radical (unpaired) electrons. The molecule has 1 aromatic rings. The summed E-state index contributed by atoms with van der Waals surface area (Å²) in [5.41, 5.74) is 0.0575. The van der Waals surface area contributed by atoms with Crippen molar-refractivity contribution in [3.63, 3.8) is 0 Å². The molecule has 2 aliphatic rings. The van der Waals surface area contributed by atoms with Gasteiger partial charge >= 0.3 is 12.1 Å². The maximum atomic E-state index is 12.6. The van der Waals surface area contributed by atoms with E-state index in [1.165, 1.54) is 0 Å². The van der Waals surface area contributed by atoms with Crippen LogP contribution in [0.4, 0.5) is 4.79 Å². The minimum atomic E-state index is -0.556. The zero-order valence-electron chi connectivity index (χ0n) is 16.1. The summed E-state index contributed by atoms with van der Waals surface area (Å²) in [4.78, 5) is 26.7. The van der Waals surface area contributed by atoms with E-state index in [-0.39, 0.29) is 29.3 Å². The van der Waals surface area contributed by atoms with Gasteiger partial charge in [-0.1, -0.05) is 29.3 Å². The number of halogens is 2. The second-order valence-electron chi connectivity index (χ2n) is 8.18. The molecule has 1 amide bonds. The molecule has 5 nitrogen and oxygen atoms in total. The Morgan fingerprint density at radius 1 is 1.26 bits per heavy atom. The first-order valence-electron chi connectivity index (χ1n) is 9.20. The largest absolute Gasteiger partial charge is 0.466 e. The molecule has 3 atom stereocenters. The molecule has 1 heterocycles. The third kappa shape index (κ3) is 3.77. The smallest absolute Gasteiger partial charge is 0.410 e. The average molecular weight is 414 g/mol. The van der Waals surface area contributed by atoms with E-state index in [1.54, 1.807) is 17.9 Å². The van der Waals surface area contributed by atoms with Crippen molar-refractivity contribution >= 4 is 35.3 Å². The molecule has 3 rings (SSSR count). The number of piperidine rings is 1. The van der Waals surface area contributed by atoms with Crippen molar-refractivity contribution in [1.82, 2.24) is 4.90 Å². The Morgan fingerprint density at radius 2 is 1.96 bits per heavy atom. The third-order valence-electron chi connectivity index (χ3n) is 5.37. The van der Waals surface area contributed by atoms with Crippen LogP contribution in [0, 0.1) is 11.8 Å². The van der Waals surface area contributed by atoms with Gasteiger partial charge in [-0.25, -0.2) is 4.79 Å². The predicted molar refractivity (Wildman–Crippen MR) is 104 cm³/mol. The topological polar surface area (TPSA) is 55.8 Å². The molecule has 0 bridgehead atoms. The van der Waals surface area contributed by atoms with Crippen LogP contribution in [0.15, 0.2) is 18.2 Å². The van der Waals surface area contributed by atoms with Crippen molar-refractivity contribution in [3.8, 4) is 0 Å². The van der Waals surface area contributed by atoms with Crippen LogP contribution < -0.4 is 0 Å². The van der Waals surface area contributed by atoms with Gasteiger partial charge in [0.2, 0.25) is 0 Å². The first-order valence-corrected chi connectivity index (χ1v) is 9.96. The highest BCUT2D eigenvalue weighted by atomic mass is 35.5. The van der Waals surface area contributed by atoms with Gasteiger partial charge in [-0.15, -0.1) is 0 Å². The lowest BCUT2D eigenvalue weighted by molar-refractivity contribution is -0.145. The van der Waals surface area contributed by atoms with Gasteiger partial charge in [0, 0.05) is 24.4 Å². The summed E-state index contributed by atoms with van der Waals surface area (Å²) in [6, 6.07) is 5.51. The fourth-order valence-corrected chi connectivity index (χ4v) is 4.50. The number of fused-ring (bicyclic) bond motifs is 1. The Bertz CT molecular complexity index is 761. The first-order chi connectivity index (χ1) is 12.6. The summed E-state index contributed by atoms with van der Waals surface area (Å²) in [5.74, 6) is -0.531. The van der Waals surface area contributed by atoms with E-state index < -0.39 is 5.60 Å². The predicted octanol–water partition coefficient (Wildman–Crippen LogP) is 4.68. The lowest BCUT2D eigenvalue weighted by Gasteiger charge is -2.33. The van der Waals surface area contributed by atoms with E-state index in [1.807, 2.05) is 32.9 Å². The Labute approximate surface area is 169 Å². The highest BCUT2D eigenvalue weighted by Gasteiger charge is 2.71. The monoisotopic (exact) mass is 413 g/mol. The molecule has 1 aliphatic carbocycles. The molecule has 0 spiro atoms. The van der Waals surface area contributed by atoms with Gasteiger partial charge in [0.25, 0.3) is 0 Å². The Balaban J connectivity index is 1.86. The highest BCUT2D eigenvalue weighted by molar-refractivity contribution is 6.42. The molecule has 7 heteroatoms. The van der Waals surface area contributed by atoms with E-state index in [2.05, 4.69) is 0 Å². The highest BCUT2D eigenvalue weighted by Crippen LogP contribution is 2.65. The number of carbonyl (C=O) groups is 2. The summed E-state index contributed by atoms with van der Waals surface area (Å²) in [6.07, 6.45) is 0.304. The fraction of sp³-hybridized carbons (Fsp3) is 0.600. The zero-order chi connectivity index (χ0) is 20.0. The number of rotatable bonds is 3. The zero-order valence-corrected chi connectivity index (χ0v) is 17.6. The van der Waals surface area contributed by atoms with Crippen molar-refractivity contribution in [2.75, 3.05) is 19.7 Å². The Hall–Kier alpha value is -1.46. The molecule has 0 aromatic heterocycles. The maximum Gasteiger partial charge on any atom is 0.410 e. The molecule has 1 aliphatic heterocycles. The molecule has 0 N–H and O–H groups in total. The van der Waals surface area contributed by atoms with Crippen LogP contribution in [0.5, 0.6) is 0 Å². The number of nitrogens with zero attached hydrogens (tertiary/aromatic N) is 1. The van der Waals surface area contributed by atoms with Crippen LogP contribution in [0.1, 0.15) is 39.7 Å². The van der Waals surface area contributed by atoms with Crippen LogP contribution in [0.25, 0.3) is 0 Å². The number of hydrogen-bond acceptors (Lipinski definition) is 4. The summed E-state index contributed by atoms with van der Waals surface area (Å²) >= 11 is 12.3. The summed E-state index contributed by atoms with van der Waals surface area (Å²) < 4.78 is 10.8. The third-order valence-corrected chi connectivity index (χ3v) is 6.11. The fourth-order valence-electron chi connectivity index (χ4n) is 4.20. The minimum absolute atomic E-state index is 0.0185. The quantitative estimate of drug-likeness (QED) is 0.674. The van der Waals surface area contributed by atoms with Gasteiger partial charge in [0.15, 0.2) is 0 Å². The summed E-state index contributed by atoms with van der Waals surface area (Å²) in [6.45, 7) is 8.62. The van der Waals surface area contributed by atoms with E-state index in [0.717, 1.165) is 5.56 Å². The summed E-state index contributed by atoms with van der Waals surface area (Å²) in [7, 11) is 0. The number of ether oxygens (including phenoxy) is 2. The lowest BCUT2D eigenvalue weighted by atomic mass is 9.86. The van der Waals surface area contributed by atoms with Gasteiger partial charge in [-0.3, -0.25) is 4.79 Å². The molecule has 1 saturated heterocycles. The maximum absolute atomic E-state index is 12.6. The number of benzene rings is 1. The number of amides is 1. The standard InChI is InChI=1S/C20H25Cl2NO4/c1-5-26-17(24)16-13-11-23(18(25)27-19(2,3)4)9-8-20(13,16)12-6-7-14(21)15(22)10-12/h6-7,10,13,16H,5,8-9,11H2,1-4H3. The number of carbonyl (C=O) groups excluding carboxylic acids is 2. The summed E-state index contributed by atoms with van der Waals surface area (Å²) in [5, 5.41) is 0.944. The van der Waals surface area contributed by atoms with E-state index >= 15 is 0 Å². The van der Waals surface area contributed by atoms with Gasteiger partial charge in [-0.2, -0.15) is 0 Å². The molecule has 27 heavy (non-hydrogen) atoms. The lowest BCUT2D eigenvalue weighted by Crippen LogP contribution is -2.43. The van der Waals surface area contributed by atoms with Crippen molar-refractivity contribution in [2.24, 2.45) is 11.8 Å². The second-order valence-corrected chi connectivity index (χ2v) is 9.00. The molecule has 1 aromatic carbocycles. The van der Waals surface area contributed by atoms with Crippen LogP contribution in [0.2, 0.25) is 10.0 Å². The first kappa shape index (κ1) is 20.3. The normalized spacial score (nSPS) is 27.0. The number of likely N-dealkylation sites (tertiary alicyclic amines) is 1. The van der Waals surface area contributed by atoms with Gasteiger partial charge in [0.1, 0.15) is 5.60 Å². The molecule has 2 fully saturated rings. The molecule has 3 unspecified atom stereocenters. The minimum Gasteiger partial charge on any atom is -0.466 e. The van der Waals surface area contributed by atoms with Gasteiger partial charge < -0.3 is 14.4 Å². The number of esters is 1. The van der Waals surface area contributed by atoms with E-state index in [4.69, 9.17) is 32.7 Å². The molecular formula is C20H25Cl2NO4. The Morgan fingerprint density at radius 3 is 2.56 bits per heavy atom. The van der Waals surface area contributed by atoms with Crippen LogP contribution >= 0.6 is 23.2 Å². The van der Waals surface area contributed by atoms with Crippen LogP contribution in [-0.2, 0) is 19.7 Å². The van der Waals surface area contributed by atoms with Crippen molar-refractivity contribution in [3.05, 3.63) is 33.8 Å². The second kappa shape index (κ2) is 7.17. The van der Waals surface area contributed by atoms with Crippen LogP contribution in [-0.4, -0.2) is 42.3 Å². The molecule has 148 valence electrons. The number of hydrogen-bond donors (Lipinski definition) is 0. The van der Waals surface area contributed by atoms with Crippen molar-refractivity contribution in [1.29, 1.82) is 0 Å². The van der Waals surface area contributed by atoms with Crippen molar-refractivity contribution < 1.29 is 19.1 Å². The molecule has 1 saturated carbocycles. The average Bonchev–Trinajstić information content (AvgIpc) is 3.25. The molecular weight excluding hydrogens is 389 g/mol. The van der Waals surface area contributed by atoms with Gasteiger partial charge in [-0.05, 0) is 51.8 Å². The van der Waals surface area contributed by atoms with Crippen LogP contribution in [0.3, 0.4) is 0 Å². The van der Waals surface area contributed by atoms with Gasteiger partial charge in [0.05, 0.1) is 22.6 Å². The Kier molecular flexibility index (Phi) is 5.39. The van der Waals surface area contributed by atoms with E-state index in [0.29, 0.717) is 36.2 Å². The van der Waals surface area contributed by atoms with E-state index in [9.17, 15) is 9.59 Å². The SMILES string of the molecule is CCOC(=O)C1C2CN(C(=O)OC(C)(C)C)CCC21c1ccc(Cl)c(Cl)c1. The van der Waals surface area contributed by atoms with Crippen molar-refractivity contribution in [2.45, 2.75) is 45.1 Å².